The first-order valence-electron chi connectivity index (χ1n) is 10.1. The van der Waals surface area contributed by atoms with E-state index >= 15 is 0 Å². The predicted molar refractivity (Wildman–Crippen MR) is 118 cm³/mol. The van der Waals surface area contributed by atoms with Crippen LogP contribution in [0.1, 0.15) is 47.6 Å². The molecule has 1 heterocycles. The summed E-state index contributed by atoms with van der Waals surface area (Å²) in [5, 5.41) is 0. The summed E-state index contributed by atoms with van der Waals surface area (Å²) in [6.07, 6.45) is 2.25. The van der Waals surface area contributed by atoms with Crippen LogP contribution in [0, 0.1) is 13.8 Å². The molecule has 1 aromatic heterocycles. The van der Waals surface area contributed by atoms with Gasteiger partial charge in [-0.3, -0.25) is 4.79 Å². The van der Waals surface area contributed by atoms with Crippen molar-refractivity contribution in [2.24, 2.45) is 0 Å². The minimum absolute atomic E-state index is 0.135. The number of hydrogen-bond donors (Lipinski definition) is 0. The average molecular weight is 470 g/mol. The molecule has 156 valence electrons. The molecule has 0 saturated carbocycles. The molecule has 3 aromatic rings. The maximum atomic E-state index is 11.2. The lowest BCUT2D eigenvalue weighted by Gasteiger charge is -2.12. The van der Waals surface area contributed by atoms with Crippen molar-refractivity contribution in [3.8, 4) is 17.2 Å². The number of benzene rings is 2. The number of esters is 1. The highest BCUT2D eigenvalue weighted by molar-refractivity contribution is 9.10. The molecule has 2 aromatic carbocycles. The highest BCUT2D eigenvalue weighted by Gasteiger charge is 2.25. The van der Waals surface area contributed by atoms with Crippen molar-refractivity contribution in [2.75, 3.05) is 6.61 Å². The molecule has 1 aliphatic rings. The van der Waals surface area contributed by atoms with E-state index in [0.717, 1.165) is 45.6 Å². The van der Waals surface area contributed by atoms with Crippen molar-refractivity contribution in [2.45, 2.75) is 46.1 Å². The van der Waals surface area contributed by atoms with Gasteiger partial charge >= 0.3 is 5.97 Å². The van der Waals surface area contributed by atoms with E-state index in [9.17, 15) is 4.79 Å². The molecule has 0 amide bonds. The Kier molecular flexibility index (Phi) is 5.95. The standard InChI is InChI=1S/C24H24BrNO4/c1-14-4-5-18(13-21(14)25)24-26-22(15(2)29-24)10-11-28-19-7-8-20-17(12-19)6-9-23(20)30-16(3)27/h4-5,7-8,12-13,23H,6,9-11H2,1-3H3/t23-/m0/s1. The zero-order chi connectivity index (χ0) is 21.3. The van der Waals surface area contributed by atoms with Gasteiger partial charge in [0.25, 0.3) is 0 Å². The molecule has 0 N–H and O–H groups in total. The maximum Gasteiger partial charge on any atom is 0.303 e. The Hall–Kier alpha value is -2.60. The van der Waals surface area contributed by atoms with Crippen molar-refractivity contribution in [1.29, 1.82) is 0 Å². The number of carbonyl (C=O) groups is 1. The number of fused-ring (bicyclic) bond motifs is 1. The van der Waals surface area contributed by atoms with Crippen molar-refractivity contribution in [3.05, 3.63) is 69.0 Å². The van der Waals surface area contributed by atoms with Gasteiger partial charge in [-0.25, -0.2) is 4.98 Å². The Bertz CT molecular complexity index is 1090. The lowest BCUT2D eigenvalue weighted by atomic mass is 10.1. The molecular formula is C24H24BrNO4. The van der Waals surface area contributed by atoms with E-state index < -0.39 is 0 Å². The molecule has 1 atom stereocenters. The van der Waals surface area contributed by atoms with Gasteiger partial charge in [0.05, 0.1) is 12.3 Å². The lowest BCUT2D eigenvalue weighted by Crippen LogP contribution is -2.05. The highest BCUT2D eigenvalue weighted by atomic mass is 79.9. The van der Waals surface area contributed by atoms with Crippen LogP contribution in [0.15, 0.2) is 45.3 Å². The fourth-order valence-electron chi connectivity index (χ4n) is 3.74. The summed E-state index contributed by atoms with van der Waals surface area (Å²) in [6.45, 7) is 5.94. The smallest absolute Gasteiger partial charge is 0.303 e. The first kappa shape index (κ1) is 20.7. The molecule has 6 heteroatoms. The van der Waals surface area contributed by atoms with Crippen LogP contribution in [0.3, 0.4) is 0 Å². The average Bonchev–Trinajstić information content (AvgIpc) is 3.27. The van der Waals surface area contributed by atoms with E-state index in [0.29, 0.717) is 18.9 Å². The first-order valence-corrected chi connectivity index (χ1v) is 10.9. The number of rotatable bonds is 6. The van der Waals surface area contributed by atoms with E-state index in [2.05, 4.69) is 20.9 Å². The van der Waals surface area contributed by atoms with E-state index in [1.165, 1.54) is 18.1 Å². The van der Waals surface area contributed by atoms with Gasteiger partial charge in [0.1, 0.15) is 17.6 Å². The zero-order valence-corrected chi connectivity index (χ0v) is 18.9. The molecule has 0 radical (unpaired) electrons. The Labute approximate surface area is 184 Å². The van der Waals surface area contributed by atoms with Gasteiger partial charge in [-0.2, -0.15) is 0 Å². The molecule has 0 bridgehead atoms. The topological polar surface area (TPSA) is 61.6 Å². The number of hydrogen-bond acceptors (Lipinski definition) is 5. The Morgan fingerprint density at radius 2 is 2.07 bits per heavy atom. The fraction of sp³-hybridized carbons (Fsp3) is 0.333. The number of ether oxygens (including phenoxy) is 2. The molecule has 0 saturated heterocycles. The normalized spacial score (nSPS) is 15.1. The number of aromatic nitrogens is 1. The van der Waals surface area contributed by atoms with E-state index in [4.69, 9.17) is 13.9 Å². The minimum Gasteiger partial charge on any atom is -0.493 e. The molecule has 0 aliphatic heterocycles. The number of nitrogens with zero attached hydrogens (tertiary/aromatic N) is 1. The number of oxazole rings is 1. The van der Waals surface area contributed by atoms with Crippen LogP contribution in [0.4, 0.5) is 0 Å². The maximum absolute atomic E-state index is 11.2. The third-order valence-corrected chi connectivity index (χ3v) is 6.22. The summed E-state index contributed by atoms with van der Waals surface area (Å²) >= 11 is 3.56. The molecule has 0 spiro atoms. The Balaban J connectivity index is 1.39. The second-order valence-electron chi connectivity index (χ2n) is 7.58. The van der Waals surface area contributed by atoms with Crippen molar-refractivity contribution in [3.63, 3.8) is 0 Å². The molecule has 0 fully saturated rings. The number of carbonyl (C=O) groups excluding carboxylic acids is 1. The summed E-state index contributed by atoms with van der Waals surface area (Å²) in [5.74, 6) is 2.01. The van der Waals surface area contributed by atoms with Crippen LogP contribution in [-0.2, 0) is 22.4 Å². The Morgan fingerprint density at radius 1 is 1.23 bits per heavy atom. The molecule has 0 unspecified atom stereocenters. The van der Waals surface area contributed by atoms with Crippen LogP contribution < -0.4 is 4.74 Å². The van der Waals surface area contributed by atoms with Gasteiger partial charge in [-0.05, 0) is 67.6 Å². The molecule has 5 nitrogen and oxygen atoms in total. The van der Waals surface area contributed by atoms with Crippen molar-refractivity contribution in [1.82, 2.24) is 4.98 Å². The van der Waals surface area contributed by atoms with Gasteiger partial charge in [-0.15, -0.1) is 0 Å². The molecule has 1 aliphatic carbocycles. The van der Waals surface area contributed by atoms with Crippen LogP contribution in [0.2, 0.25) is 0 Å². The second-order valence-corrected chi connectivity index (χ2v) is 8.44. The third kappa shape index (κ3) is 4.43. The fourth-order valence-corrected chi connectivity index (χ4v) is 4.12. The lowest BCUT2D eigenvalue weighted by molar-refractivity contribution is -0.146. The van der Waals surface area contributed by atoms with Crippen LogP contribution in [-0.4, -0.2) is 17.6 Å². The largest absolute Gasteiger partial charge is 0.493 e. The zero-order valence-electron chi connectivity index (χ0n) is 17.3. The summed E-state index contributed by atoms with van der Waals surface area (Å²) in [4.78, 5) is 15.9. The Morgan fingerprint density at radius 3 is 2.83 bits per heavy atom. The van der Waals surface area contributed by atoms with E-state index in [1.54, 1.807) is 0 Å². The van der Waals surface area contributed by atoms with E-state index in [-0.39, 0.29) is 12.1 Å². The van der Waals surface area contributed by atoms with Gasteiger partial charge in [0.2, 0.25) is 5.89 Å². The quantitative estimate of drug-likeness (QED) is 0.421. The van der Waals surface area contributed by atoms with Gasteiger partial charge < -0.3 is 13.9 Å². The van der Waals surface area contributed by atoms with Crippen LogP contribution >= 0.6 is 15.9 Å². The van der Waals surface area contributed by atoms with Gasteiger partial charge in [-0.1, -0.05) is 28.1 Å². The van der Waals surface area contributed by atoms with Crippen molar-refractivity contribution >= 4 is 21.9 Å². The first-order chi connectivity index (χ1) is 14.4. The molecule has 30 heavy (non-hydrogen) atoms. The van der Waals surface area contributed by atoms with Crippen LogP contribution in [0.25, 0.3) is 11.5 Å². The molecule has 4 rings (SSSR count). The van der Waals surface area contributed by atoms with Gasteiger partial charge in [0.15, 0.2) is 0 Å². The molecular weight excluding hydrogens is 446 g/mol. The summed E-state index contributed by atoms with van der Waals surface area (Å²) in [7, 11) is 0. The monoisotopic (exact) mass is 469 g/mol. The summed E-state index contributed by atoms with van der Waals surface area (Å²) in [5.41, 5.74) is 5.29. The highest BCUT2D eigenvalue weighted by Crippen LogP contribution is 2.36. The van der Waals surface area contributed by atoms with Crippen LogP contribution in [0.5, 0.6) is 5.75 Å². The van der Waals surface area contributed by atoms with Gasteiger partial charge in [0, 0.05) is 23.4 Å². The minimum atomic E-state index is -0.242. The third-order valence-electron chi connectivity index (χ3n) is 5.36. The van der Waals surface area contributed by atoms with Crippen molar-refractivity contribution < 1.29 is 18.7 Å². The summed E-state index contributed by atoms with van der Waals surface area (Å²) in [6, 6.07) is 12.1. The SMILES string of the molecule is CC(=O)O[C@H]1CCc2cc(OCCc3nc(-c4ccc(C)c(Br)c4)oc3C)ccc21. The second kappa shape index (κ2) is 8.64. The summed E-state index contributed by atoms with van der Waals surface area (Å²) < 4.78 is 18.2. The number of aryl methyl sites for hydroxylation is 3. The van der Waals surface area contributed by atoms with E-state index in [1.807, 2.05) is 50.2 Å². The predicted octanol–water partition coefficient (Wildman–Crippen LogP) is 5.89. The number of halogens is 1.